The predicted octanol–water partition coefficient (Wildman–Crippen LogP) is 1.48. The van der Waals surface area contributed by atoms with E-state index in [-0.39, 0.29) is 6.61 Å². The van der Waals surface area contributed by atoms with Crippen LogP contribution >= 0.6 is 0 Å². The Kier molecular flexibility index (Phi) is 6.22. The summed E-state index contributed by atoms with van der Waals surface area (Å²) in [5.74, 6) is -3.71. The Morgan fingerprint density at radius 2 is 1.62 bits per heavy atom. The number of ether oxygens (including phenoxy) is 3. The van der Waals surface area contributed by atoms with Crippen molar-refractivity contribution in [2.24, 2.45) is 0 Å². The van der Waals surface area contributed by atoms with Crippen LogP contribution < -0.4 is 0 Å². The second-order valence-electron chi connectivity index (χ2n) is 5.99. The lowest BCUT2D eigenvalue weighted by molar-refractivity contribution is -0.190. The van der Waals surface area contributed by atoms with E-state index in [1.54, 1.807) is 30.3 Å². The summed E-state index contributed by atoms with van der Waals surface area (Å²) in [5.41, 5.74) is -3.21. The van der Waals surface area contributed by atoms with Crippen LogP contribution in [0.25, 0.3) is 0 Å². The number of esters is 2. The molecule has 7 nitrogen and oxygen atoms in total. The van der Waals surface area contributed by atoms with Gasteiger partial charge in [-0.05, 0) is 33.3 Å². The smallest absolute Gasteiger partial charge is 0.419 e. The lowest BCUT2D eigenvalue weighted by atomic mass is 9.98. The maximum absolute atomic E-state index is 12.3. The first-order chi connectivity index (χ1) is 11.1. The Morgan fingerprint density at radius 1 is 1.04 bits per heavy atom. The Bertz CT molecular complexity index is 616. The Hall–Kier alpha value is -2.70. The van der Waals surface area contributed by atoms with Gasteiger partial charge in [-0.15, -0.1) is 0 Å². The molecule has 0 saturated carbocycles. The molecule has 1 rings (SSSR count). The summed E-state index contributed by atoms with van der Waals surface area (Å²) in [6.45, 7) is 6.29. The molecule has 24 heavy (non-hydrogen) atoms. The van der Waals surface area contributed by atoms with Crippen LogP contribution in [-0.2, 0) is 40.0 Å². The zero-order valence-corrected chi connectivity index (χ0v) is 14.0. The molecule has 0 heterocycles. The molecule has 0 N–H and O–H groups in total. The topological polar surface area (TPSA) is 96.0 Å². The van der Waals surface area contributed by atoms with E-state index >= 15 is 0 Å². The highest BCUT2D eigenvalue weighted by Crippen LogP contribution is 2.22. The van der Waals surface area contributed by atoms with Gasteiger partial charge in [-0.1, -0.05) is 30.3 Å². The number of Topliss-reactive ketones (excluding diaryl/α,β-unsaturated/α-hetero) is 1. The second kappa shape index (κ2) is 7.72. The van der Waals surface area contributed by atoms with E-state index < -0.39 is 28.9 Å². The lowest BCUT2D eigenvalue weighted by Crippen LogP contribution is -2.57. The van der Waals surface area contributed by atoms with E-state index in [4.69, 9.17) is 9.47 Å². The molecule has 1 aromatic rings. The molecule has 0 saturated heterocycles. The van der Waals surface area contributed by atoms with Crippen LogP contribution in [0.3, 0.4) is 0 Å². The highest BCUT2D eigenvalue weighted by Gasteiger charge is 2.58. The molecule has 0 aliphatic heterocycles. The number of carbonyl (C=O) groups is 3. The third-order valence-electron chi connectivity index (χ3n) is 2.88. The normalized spacial score (nSPS) is 13.3. The number of carbonyl (C=O) groups excluding carboxylic acids is 4. The van der Waals surface area contributed by atoms with Crippen molar-refractivity contribution in [2.45, 2.75) is 45.5 Å². The van der Waals surface area contributed by atoms with Crippen molar-refractivity contribution in [3.05, 3.63) is 35.9 Å². The van der Waals surface area contributed by atoms with E-state index in [1.165, 1.54) is 20.8 Å². The van der Waals surface area contributed by atoms with Crippen molar-refractivity contribution >= 4 is 24.2 Å². The molecule has 0 aliphatic carbocycles. The lowest BCUT2D eigenvalue weighted by Gasteiger charge is -2.28. The summed E-state index contributed by atoms with van der Waals surface area (Å²) in [6.07, 6.45) is 0. The molecule has 1 radical (unpaired) electrons. The number of hydrogen-bond acceptors (Lipinski definition) is 7. The van der Waals surface area contributed by atoms with Crippen molar-refractivity contribution in [1.82, 2.24) is 0 Å². The zero-order chi connectivity index (χ0) is 18.4. The number of hydrogen-bond donors (Lipinski definition) is 0. The first-order valence-electron chi connectivity index (χ1n) is 7.14. The summed E-state index contributed by atoms with van der Waals surface area (Å²) in [5, 5.41) is 0. The van der Waals surface area contributed by atoms with E-state index in [0.717, 1.165) is 13.4 Å². The molecular weight excluding hydrogens is 316 g/mol. The highest BCUT2D eigenvalue weighted by molar-refractivity contribution is 6.24. The maximum Gasteiger partial charge on any atom is 0.419 e. The Balaban J connectivity index is 3.07. The van der Waals surface area contributed by atoms with Crippen molar-refractivity contribution in [3.8, 4) is 0 Å². The van der Waals surface area contributed by atoms with Gasteiger partial charge in [0.05, 0.1) is 0 Å². The van der Waals surface area contributed by atoms with Crippen molar-refractivity contribution in [3.63, 3.8) is 0 Å². The van der Waals surface area contributed by atoms with Crippen LogP contribution in [0.4, 0.5) is 0 Å². The molecule has 1 atom stereocenters. The zero-order valence-electron chi connectivity index (χ0n) is 14.0. The maximum atomic E-state index is 12.3. The van der Waals surface area contributed by atoms with E-state index in [9.17, 15) is 19.2 Å². The van der Waals surface area contributed by atoms with E-state index in [0.29, 0.717) is 5.56 Å². The third-order valence-corrected chi connectivity index (χ3v) is 2.88. The number of rotatable bonds is 7. The monoisotopic (exact) mass is 335 g/mol. The second-order valence-corrected chi connectivity index (χ2v) is 5.99. The van der Waals surface area contributed by atoms with Gasteiger partial charge in [0.1, 0.15) is 12.2 Å². The fourth-order valence-electron chi connectivity index (χ4n) is 1.76. The number of benzene rings is 1. The number of ketones is 1. The standard InChI is InChI=1S/C17H19O7/c1-12(19)17(23-11-18,15(21)24-16(2,3)4)14(20)22-10-13-8-6-5-7-9-13/h5-9H,10H2,1-4H3. The van der Waals surface area contributed by atoms with Gasteiger partial charge in [0.15, 0.2) is 5.78 Å². The Labute approximate surface area is 139 Å². The summed E-state index contributed by atoms with van der Waals surface area (Å²) >= 11 is 0. The van der Waals surface area contributed by atoms with Gasteiger partial charge in [-0.2, -0.15) is 0 Å². The molecule has 7 heteroatoms. The van der Waals surface area contributed by atoms with Crippen LogP contribution in [0.2, 0.25) is 0 Å². The minimum absolute atomic E-state index is 0.209. The Morgan fingerprint density at radius 3 is 2.08 bits per heavy atom. The molecular formula is C17H19O7. The molecule has 0 amide bonds. The molecule has 1 unspecified atom stereocenters. The van der Waals surface area contributed by atoms with Gasteiger partial charge < -0.3 is 14.2 Å². The van der Waals surface area contributed by atoms with E-state index in [2.05, 4.69) is 4.74 Å². The largest absolute Gasteiger partial charge is 0.457 e. The highest BCUT2D eigenvalue weighted by atomic mass is 16.6. The molecule has 0 fully saturated rings. The first kappa shape index (κ1) is 19.3. The average Bonchev–Trinajstić information content (AvgIpc) is 2.49. The van der Waals surface area contributed by atoms with Crippen molar-refractivity contribution < 1.29 is 33.4 Å². The molecule has 0 spiro atoms. The van der Waals surface area contributed by atoms with Crippen molar-refractivity contribution in [2.75, 3.05) is 0 Å². The quantitative estimate of drug-likeness (QED) is 0.423. The summed E-state index contributed by atoms with van der Waals surface area (Å²) in [4.78, 5) is 47.3. The van der Waals surface area contributed by atoms with Gasteiger partial charge >= 0.3 is 24.0 Å². The van der Waals surface area contributed by atoms with E-state index in [1.807, 2.05) is 0 Å². The fraction of sp³-hybridized carbons (Fsp3) is 0.412. The fourth-order valence-corrected chi connectivity index (χ4v) is 1.76. The molecule has 1 aromatic carbocycles. The van der Waals surface area contributed by atoms with Gasteiger partial charge in [0.2, 0.25) is 0 Å². The third kappa shape index (κ3) is 4.65. The SMILES string of the molecule is CC(=O)C(O[C]=O)(C(=O)OCc1ccccc1)C(=O)OC(C)(C)C. The summed E-state index contributed by atoms with van der Waals surface area (Å²) in [7, 11) is 0. The predicted molar refractivity (Wildman–Crippen MR) is 82.3 cm³/mol. The minimum atomic E-state index is -2.83. The van der Waals surface area contributed by atoms with Crippen LogP contribution in [-0.4, -0.2) is 35.4 Å². The molecule has 0 aromatic heterocycles. The van der Waals surface area contributed by atoms with Crippen LogP contribution in [0.5, 0.6) is 0 Å². The first-order valence-corrected chi connectivity index (χ1v) is 7.14. The van der Waals surface area contributed by atoms with Crippen LogP contribution in [0, 0.1) is 0 Å². The summed E-state index contributed by atoms with van der Waals surface area (Å²) < 4.78 is 14.4. The minimum Gasteiger partial charge on any atom is -0.457 e. The van der Waals surface area contributed by atoms with Gasteiger partial charge in [0.25, 0.3) is 0 Å². The molecule has 129 valence electrons. The molecule has 0 bridgehead atoms. The van der Waals surface area contributed by atoms with Crippen LogP contribution in [0.1, 0.15) is 33.3 Å². The average molecular weight is 335 g/mol. The van der Waals surface area contributed by atoms with Crippen LogP contribution in [0.15, 0.2) is 30.3 Å². The van der Waals surface area contributed by atoms with Gasteiger partial charge in [-0.25, -0.2) is 14.4 Å². The van der Waals surface area contributed by atoms with Crippen molar-refractivity contribution in [1.29, 1.82) is 0 Å². The van der Waals surface area contributed by atoms with Gasteiger partial charge in [-0.3, -0.25) is 4.79 Å². The van der Waals surface area contributed by atoms with Gasteiger partial charge in [0, 0.05) is 0 Å². The summed E-state index contributed by atoms with van der Waals surface area (Å²) in [6, 6.07) is 8.60. The molecule has 0 aliphatic rings.